The van der Waals surface area contributed by atoms with Gasteiger partial charge in [-0.05, 0) is 60.0 Å². The summed E-state index contributed by atoms with van der Waals surface area (Å²) in [5.41, 5.74) is -0.341. The largest absolute Gasteiger partial charge is 0.505 e. The number of phenolic OH excluding ortho intramolecular Hbond substituents is 2. The van der Waals surface area contributed by atoms with E-state index in [1.165, 1.54) is 6.07 Å². The molecule has 5 rings (SSSR count). The van der Waals surface area contributed by atoms with Crippen molar-refractivity contribution in [3.63, 3.8) is 0 Å². The molecule has 0 aliphatic rings. The summed E-state index contributed by atoms with van der Waals surface area (Å²) in [7, 11) is -15.0. The van der Waals surface area contributed by atoms with Crippen LogP contribution in [-0.4, -0.2) is 75.2 Å². The fraction of sp³-hybridized carbons (Fsp3) is 0. The van der Waals surface area contributed by atoms with E-state index in [4.69, 9.17) is 11.0 Å². The number of phenols is 2. The molecule has 4 aromatic carbocycles. The van der Waals surface area contributed by atoms with Crippen LogP contribution in [0.25, 0.3) is 16.5 Å². The van der Waals surface area contributed by atoms with Gasteiger partial charge in [0.15, 0.2) is 22.9 Å². The number of carboxylic acids is 1. The van der Waals surface area contributed by atoms with Crippen molar-refractivity contribution in [3.8, 4) is 17.2 Å². The van der Waals surface area contributed by atoms with Crippen molar-refractivity contribution in [2.75, 3.05) is 5.73 Å². The Bertz CT molecular complexity index is 2820. The van der Waals surface area contributed by atoms with Crippen molar-refractivity contribution in [2.24, 2.45) is 20.5 Å². The molecule has 0 aliphatic heterocycles. The number of anilines is 1. The highest BCUT2D eigenvalue weighted by Gasteiger charge is 2.28. The number of hydrogen-bond donors (Lipinski definition) is 9. The maximum Gasteiger partial charge on any atom is 0.356 e. The van der Waals surface area contributed by atoms with Crippen molar-refractivity contribution in [1.29, 1.82) is 0 Å². The molecule has 0 radical (unpaired) electrons. The standard InChI is InChI=1S/C26H19N7O17S4/c27-11-1-6-14(16(9-11)53(43,44)45)28-29-19-15(51-50-49-39)7-10-8-17(54(46,47)48)20(24(35)18(10)23(19)34)30-31-21-22(26(37)38)32-33(25(21)36)12-2-4-13(5-3-12)52(40,41)42/h1-9,32,34-35,39H,27H2,(H,37,38)(H,40,41,42)(H,43,44,45)(H,46,47,48). The van der Waals surface area contributed by atoms with Crippen LogP contribution in [0.2, 0.25) is 0 Å². The van der Waals surface area contributed by atoms with Gasteiger partial charge < -0.3 is 21.1 Å². The Morgan fingerprint density at radius 3 is 1.94 bits per heavy atom. The molecule has 0 unspecified atom stereocenters. The normalized spacial score (nSPS) is 12.7. The Hall–Kier alpha value is -5.82. The highest BCUT2D eigenvalue weighted by molar-refractivity contribution is 7.94. The smallest absolute Gasteiger partial charge is 0.356 e. The summed E-state index contributed by atoms with van der Waals surface area (Å²) in [6.45, 7) is 0. The Morgan fingerprint density at radius 2 is 1.37 bits per heavy atom. The minimum Gasteiger partial charge on any atom is -0.505 e. The number of aromatic nitrogens is 2. The van der Waals surface area contributed by atoms with Crippen molar-refractivity contribution in [2.45, 2.75) is 19.6 Å². The van der Waals surface area contributed by atoms with Gasteiger partial charge in [0.05, 0.1) is 32.9 Å². The first-order valence-corrected chi connectivity index (χ1v) is 18.7. The molecule has 0 saturated carbocycles. The van der Waals surface area contributed by atoms with Crippen LogP contribution in [0.1, 0.15) is 10.5 Å². The lowest BCUT2D eigenvalue weighted by Crippen LogP contribution is -2.14. The number of H-pyrrole nitrogens is 1. The van der Waals surface area contributed by atoms with Gasteiger partial charge in [0, 0.05) is 5.69 Å². The Kier molecular flexibility index (Phi) is 10.6. The molecule has 1 heterocycles. The average molecular weight is 830 g/mol. The summed E-state index contributed by atoms with van der Waals surface area (Å²) in [5.74, 6) is -4.17. The quantitative estimate of drug-likeness (QED) is 0.0214. The molecule has 0 bridgehead atoms. The minimum absolute atomic E-state index is 0.107. The van der Waals surface area contributed by atoms with E-state index in [9.17, 15) is 63.8 Å². The van der Waals surface area contributed by atoms with E-state index >= 15 is 0 Å². The molecule has 0 fully saturated rings. The van der Waals surface area contributed by atoms with Crippen LogP contribution in [0.5, 0.6) is 11.5 Å². The second-order valence-corrected chi connectivity index (χ2v) is 15.2. The number of azo groups is 2. The third kappa shape index (κ3) is 7.91. The zero-order chi connectivity index (χ0) is 39.9. The zero-order valence-corrected chi connectivity index (χ0v) is 29.1. The summed E-state index contributed by atoms with van der Waals surface area (Å²) in [5, 5.41) is 60.0. The molecule has 1 aromatic heterocycles. The topological polar surface area (TPSA) is 393 Å². The number of aromatic carboxylic acids is 1. The Morgan fingerprint density at radius 1 is 0.778 bits per heavy atom. The molecule has 284 valence electrons. The van der Waals surface area contributed by atoms with Crippen molar-refractivity contribution < 1.29 is 73.7 Å². The predicted octanol–water partition coefficient (Wildman–Crippen LogP) is 4.01. The van der Waals surface area contributed by atoms with Crippen LogP contribution in [0, 0.1) is 0 Å². The lowest BCUT2D eigenvalue weighted by Gasteiger charge is -2.13. The zero-order valence-electron chi connectivity index (χ0n) is 25.9. The van der Waals surface area contributed by atoms with Crippen LogP contribution in [-0.2, 0) is 39.7 Å². The maximum absolute atomic E-state index is 13.2. The van der Waals surface area contributed by atoms with E-state index in [2.05, 4.69) is 34.9 Å². The van der Waals surface area contributed by atoms with E-state index in [0.717, 1.165) is 42.5 Å². The first-order valence-electron chi connectivity index (χ1n) is 13.7. The van der Waals surface area contributed by atoms with E-state index in [0.29, 0.717) is 10.7 Å². The molecule has 54 heavy (non-hydrogen) atoms. The molecule has 0 atom stereocenters. The van der Waals surface area contributed by atoms with Crippen molar-refractivity contribution >= 4 is 87.6 Å². The second-order valence-electron chi connectivity index (χ2n) is 10.3. The van der Waals surface area contributed by atoms with Crippen LogP contribution in [0.4, 0.5) is 28.4 Å². The molecule has 0 saturated heterocycles. The molecule has 0 spiro atoms. The molecule has 0 aliphatic carbocycles. The molecule has 24 nitrogen and oxygen atoms in total. The first kappa shape index (κ1) is 39.4. The average Bonchev–Trinajstić information content (AvgIpc) is 3.41. The number of fused-ring (bicyclic) bond motifs is 1. The monoisotopic (exact) mass is 829 g/mol. The van der Waals surface area contributed by atoms with Crippen LogP contribution >= 0.6 is 12.0 Å². The number of carbonyl (C=O) groups is 1. The number of hydrogen-bond acceptors (Lipinski definition) is 19. The highest BCUT2D eigenvalue weighted by Crippen LogP contribution is 2.51. The number of nitrogen functional groups attached to an aromatic ring is 1. The molecular weight excluding hydrogens is 811 g/mol. The van der Waals surface area contributed by atoms with Gasteiger partial charge in [-0.1, -0.05) is 5.04 Å². The summed E-state index contributed by atoms with van der Waals surface area (Å²) in [6, 6.07) is 8.34. The van der Waals surface area contributed by atoms with E-state index in [1.807, 2.05) is 0 Å². The third-order valence-electron chi connectivity index (χ3n) is 6.93. The van der Waals surface area contributed by atoms with Gasteiger partial charge in [0.25, 0.3) is 35.9 Å². The number of aromatic hydroxyl groups is 2. The van der Waals surface area contributed by atoms with Crippen LogP contribution in [0.15, 0.2) is 99.4 Å². The van der Waals surface area contributed by atoms with Gasteiger partial charge in [-0.2, -0.15) is 25.3 Å². The fourth-order valence-electron chi connectivity index (χ4n) is 4.61. The predicted molar refractivity (Wildman–Crippen MR) is 180 cm³/mol. The van der Waals surface area contributed by atoms with Gasteiger partial charge in [0.2, 0.25) is 0 Å². The number of aromatic amines is 1. The number of carboxylic acid groups (broad SMARTS) is 1. The molecular formula is C26H19N7O17S4. The SMILES string of the molecule is Nc1ccc(N=Nc2c(SOOO)cc3cc(S(=O)(=O)O)c(N=Nc4c(C(=O)O)[nH]n(-c5ccc(S(=O)(=O)O)cc5)c4=O)c(O)c3c2O)c(S(=O)(=O)O)c1. The molecule has 10 N–H and O–H groups in total. The number of nitrogens with one attached hydrogen (secondary N) is 1. The van der Waals surface area contributed by atoms with Gasteiger partial charge in [-0.15, -0.1) is 24.8 Å². The van der Waals surface area contributed by atoms with Crippen molar-refractivity contribution in [1.82, 2.24) is 9.78 Å². The minimum atomic E-state index is -5.37. The summed E-state index contributed by atoms with van der Waals surface area (Å²) in [4.78, 5) is 22.3. The van der Waals surface area contributed by atoms with E-state index in [1.54, 1.807) is 0 Å². The van der Waals surface area contributed by atoms with Crippen LogP contribution in [0.3, 0.4) is 0 Å². The van der Waals surface area contributed by atoms with Gasteiger partial charge >= 0.3 is 5.97 Å². The highest BCUT2D eigenvalue weighted by atomic mass is 32.2. The number of nitrogens with zero attached hydrogens (tertiary/aromatic N) is 5. The first-order chi connectivity index (χ1) is 25.1. The van der Waals surface area contributed by atoms with E-state index < -0.39 is 107 Å². The molecule has 0 amide bonds. The molecule has 28 heteroatoms. The van der Waals surface area contributed by atoms with Crippen molar-refractivity contribution in [3.05, 3.63) is 70.6 Å². The van der Waals surface area contributed by atoms with Gasteiger partial charge in [-0.25, -0.2) is 14.7 Å². The number of benzene rings is 4. The van der Waals surface area contributed by atoms with E-state index in [-0.39, 0.29) is 28.3 Å². The Labute approximate surface area is 303 Å². The second kappa shape index (κ2) is 14.5. The van der Waals surface area contributed by atoms with Crippen LogP contribution < -0.4 is 11.3 Å². The summed E-state index contributed by atoms with van der Waals surface area (Å²) >= 11 is 0.115. The summed E-state index contributed by atoms with van der Waals surface area (Å²) < 4.78 is 105. The third-order valence-corrected chi connectivity index (χ3v) is 10.2. The lowest BCUT2D eigenvalue weighted by molar-refractivity contribution is -0.432. The Balaban J connectivity index is 1.73. The van der Waals surface area contributed by atoms with Gasteiger partial charge in [-0.3, -0.25) is 23.6 Å². The summed E-state index contributed by atoms with van der Waals surface area (Å²) in [6.07, 6.45) is 0. The lowest BCUT2D eigenvalue weighted by atomic mass is 10.1. The molecule has 5 aromatic rings. The number of rotatable bonds is 12. The number of nitrogens with two attached hydrogens (primary N) is 1. The fourth-order valence-corrected chi connectivity index (χ4v) is 6.90. The van der Waals surface area contributed by atoms with Gasteiger partial charge in [0.1, 0.15) is 26.9 Å². The maximum atomic E-state index is 13.2.